The number of nitrogens with one attached hydrogen (secondary N) is 3. The SMILES string of the molecule is c1ccc2c(CN3CCNCCNCCNCC3)c3ccccc3nc2c1. The van der Waals surface area contributed by atoms with Gasteiger partial charge in [-0.2, -0.15) is 0 Å². The summed E-state index contributed by atoms with van der Waals surface area (Å²) in [5.41, 5.74) is 3.57. The zero-order valence-electron chi connectivity index (χ0n) is 15.9. The van der Waals surface area contributed by atoms with Crippen molar-refractivity contribution < 1.29 is 0 Å². The van der Waals surface area contributed by atoms with E-state index >= 15 is 0 Å². The first-order valence-corrected chi connectivity index (χ1v) is 10.0. The summed E-state index contributed by atoms with van der Waals surface area (Å²) in [6.45, 7) is 9.18. The summed E-state index contributed by atoms with van der Waals surface area (Å²) in [6, 6.07) is 17.1. The number of pyridine rings is 1. The van der Waals surface area contributed by atoms with Crippen LogP contribution in [0.4, 0.5) is 0 Å². The van der Waals surface area contributed by atoms with Crippen LogP contribution in [0.15, 0.2) is 48.5 Å². The molecule has 2 heterocycles. The van der Waals surface area contributed by atoms with E-state index < -0.39 is 0 Å². The van der Waals surface area contributed by atoms with E-state index in [4.69, 9.17) is 4.98 Å². The highest BCUT2D eigenvalue weighted by molar-refractivity contribution is 5.97. The van der Waals surface area contributed by atoms with Crippen molar-refractivity contribution in [2.24, 2.45) is 0 Å². The van der Waals surface area contributed by atoms with Crippen LogP contribution in [0, 0.1) is 0 Å². The quantitative estimate of drug-likeness (QED) is 0.608. The number of para-hydroxylation sites is 2. The molecular formula is C22H29N5. The molecule has 27 heavy (non-hydrogen) atoms. The molecule has 0 bridgehead atoms. The van der Waals surface area contributed by atoms with Gasteiger partial charge in [0.2, 0.25) is 0 Å². The zero-order chi connectivity index (χ0) is 18.3. The Bertz CT molecular complexity index is 813. The maximum atomic E-state index is 4.87. The average molecular weight is 364 g/mol. The lowest BCUT2D eigenvalue weighted by molar-refractivity contribution is 0.265. The lowest BCUT2D eigenvalue weighted by Gasteiger charge is -2.25. The Hall–Kier alpha value is -2.05. The monoisotopic (exact) mass is 363 g/mol. The third-order valence-corrected chi connectivity index (χ3v) is 5.25. The van der Waals surface area contributed by atoms with E-state index in [2.05, 4.69) is 69.4 Å². The van der Waals surface area contributed by atoms with Gasteiger partial charge in [0.05, 0.1) is 11.0 Å². The number of benzene rings is 2. The molecule has 1 aliphatic heterocycles. The van der Waals surface area contributed by atoms with E-state index in [9.17, 15) is 0 Å². The predicted octanol–water partition coefficient (Wildman–Crippen LogP) is 1.97. The summed E-state index contributed by atoms with van der Waals surface area (Å²) in [5.74, 6) is 0. The smallest absolute Gasteiger partial charge is 0.0713 e. The van der Waals surface area contributed by atoms with E-state index in [1.54, 1.807) is 0 Å². The summed E-state index contributed by atoms with van der Waals surface area (Å²) in [6.07, 6.45) is 0. The van der Waals surface area contributed by atoms with Crippen molar-refractivity contribution in [2.75, 3.05) is 52.4 Å². The number of rotatable bonds is 2. The first kappa shape index (κ1) is 18.3. The molecular weight excluding hydrogens is 334 g/mol. The van der Waals surface area contributed by atoms with E-state index in [0.29, 0.717) is 0 Å². The fraction of sp³-hybridized carbons (Fsp3) is 0.409. The second-order valence-corrected chi connectivity index (χ2v) is 7.15. The van der Waals surface area contributed by atoms with Gasteiger partial charge in [-0.05, 0) is 17.7 Å². The molecule has 4 rings (SSSR count). The Balaban J connectivity index is 1.62. The van der Waals surface area contributed by atoms with Crippen molar-refractivity contribution in [3.05, 3.63) is 54.1 Å². The van der Waals surface area contributed by atoms with Crippen LogP contribution in [-0.4, -0.2) is 62.2 Å². The maximum absolute atomic E-state index is 4.87. The molecule has 1 aromatic heterocycles. The molecule has 2 aromatic carbocycles. The van der Waals surface area contributed by atoms with Gasteiger partial charge in [-0.3, -0.25) is 4.90 Å². The number of hydrogen-bond donors (Lipinski definition) is 3. The van der Waals surface area contributed by atoms with Crippen LogP contribution in [0.25, 0.3) is 21.8 Å². The summed E-state index contributed by atoms with van der Waals surface area (Å²) in [4.78, 5) is 7.42. The second-order valence-electron chi connectivity index (χ2n) is 7.15. The largest absolute Gasteiger partial charge is 0.314 e. The van der Waals surface area contributed by atoms with Crippen molar-refractivity contribution in [2.45, 2.75) is 6.54 Å². The van der Waals surface area contributed by atoms with Gasteiger partial charge in [-0.25, -0.2) is 4.98 Å². The van der Waals surface area contributed by atoms with Crippen LogP contribution in [0.5, 0.6) is 0 Å². The number of aromatic nitrogens is 1. The topological polar surface area (TPSA) is 52.2 Å². The summed E-state index contributed by atoms with van der Waals surface area (Å²) in [5, 5.41) is 13.1. The van der Waals surface area contributed by atoms with E-state index in [1.165, 1.54) is 16.3 Å². The van der Waals surface area contributed by atoms with E-state index in [0.717, 1.165) is 69.9 Å². The molecule has 1 fully saturated rings. The van der Waals surface area contributed by atoms with Crippen LogP contribution < -0.4 is 16.0 Å². The van der Waals surface area contributed by atoms with Gasteiger partial charge in [-0.1, -0.05) is 36.4 Å². The fourth-order valence-corrected chi connectivity index (χ4v) is 3.79. The van der Waals surface area contributed by atoms with Gasteiger partial charge in [0.25, 0.3) is 0 Å². The van der Waals surface area contributed by atoms with Gasteiger partial charge >= 0.3 is 0 Å². The van der Waals surface area contributed by atoms with Gasteiger partial charge < -0.3 is 16.0 Å². The minimum atomic E-state index is 0.950. The van der Waals surface area contributed by atoms with Crippen LogP contribution in [0.2, 0.25) is 0 Å². The van der Waals surface area contributed by atoms with Crippen molar-refractivity contribution in [1.82, 2.24) is 25.8 Å². The van der Waals surface area contributed by atoms with Crippen molar-refractivity contribution in [1.29, 1.82) is 0 Å². The molecule has 0 atom stereocenters. The number of fused-ring (bicyclic) bond motifs is 2. The van der Waals surface area contributed by atoms with E-state index in [1.807, 2.05) is 0 Å². The standard InChI is InChI=1S/C22H29N5/c1-3-7-21-18(5-1)20(19-6-2-4-8-22(19)26-21)17-27-15-13-24-11-9-23-10-12-25-14-16-27/h1-8,23-25H,9-17H2. The molecule has 5 heteroatoms. The molecule has 0 unspecified atom stereocenters. The Morgan fingerprint density at radius 2 is 1.15 bits per heavy atom. The molecule has 142 valence electrons. The van der Waals surface area contributed by atoms with Gasteiger partial charge in [0.15, 0.2) is 0 Å². The van der Waals surface area contributed by atoms with Crippen LogP contribution >= 0.6 is 0 Å². The normalized spacial score (nSPS) is 18.2. The van der Waals surface area contributed by atoms with Gasteiger partial charge in [0, 0.05) is 69.7 Å². The highest BCUT2D eigenvalue weighted by Gasteiger charge is 2.13. The third kappa shape index (κ3) is 4.62. The van der Waals surface area contributed by atoms with Gasteiger partial charge in [-0.15, -0.1) is 0 Å². The first-order chi connectivity index (χ1) is 13.4. The minimum Gasteiger partial charge on any atom is -0.314 e. The highest BCUT2D eigenvalue weighted by Crippen LogP contribution is 2.27. The Morgan fingerprint density at radius 1 is 0.667 bits per heavy atom. The van der Waals surface area contributed by atoms with Crippen molar-refractivity contribution in [3.63, 3.8) is 0 Å². The summed E-state index contributed by atoms with van der Waals surface area (Å²) >= 11 is 0. The molecule has 0 saturated carbocycles. The van der Waals surface area contributed by atoms with Gasteiger partial charge in [0.1, 0.15) is 0 Å². The van der Waals surface area contributed by atoms with Crippen LogP contribution in [-0.2, 0) is 6.54 Å². The lowest BCUT2D eigenvalue weighted by atomic mass is 10.0. The van der Waals surface area contributed by atoms with Crippen molar-refractivity contribution >= 4 is 21.8 Å². The molecule has 3 aromatic rings. The predicted molar refractivity (Wildman–Crippen MR) is 113 cm³/mol. The average Bonchev–Trinajstić information content (AvgIpc) is 2.69. The highest BCUT2D eigenvalue weighted by atomic mass is 15.2. The number of nitrogens with zero attached hydrogens (tertiary/aromatic N) is 2. The lowest BCUT2D eigenvalue weighted by Crippen LogP contribution is -2.41. The molecule has 0 radical (unpaired) electrons. The number of hydrogen-bond acceptors (Lipinski definition) is 5. The third-order valence-electron chi connectivity index (χ3n) is 5.25. The molecule has 1 saturated heterocycles. The van der Waals surface area contributed by atoms with E-state index in [-0.39, 0.29) is 0 Å². The molecule has 0 spiro atoms. The molecule has 0 aliphatic carbocycles. The zero-order valence-corrected chi connectivity index (χ0v) is 15.9. The minimum absolute atomic E-state index is 0.950. The summed E-state index contributed by atoms with van der Waals surface area (Å²) in [7, 11) is 0. The van der Waals surface area contributed by atoms with Crippen molar-refractivity contribution in [3.8, 4) is 0 Å². The Labute approximate surface area is 161 Å². The molecule has 5 nitrogen and oxygen atoms in total. The first-order valence-electron chi connectivity index (χ1n) is 10.0. The Morgan fingerprint density at radius 3 is 1.70 bits per heavy atom. The molecule has 3 N–H and O–H groups in total. The Kier molecular flexibility index (Phi) is 6.27. The van der Waals surface area contributed by atoms with Crippen LogP contribution in [0.1, 0.15) is 5.56 Å². The molecule has 0 amide bonds. The second kappa shape index (κ2) is 9.24. The maximum Gasteiger partial charge on any atom is 0.0713 e. The fourth-order valence-electron chi connectivity index (χ4n) is 3.79. The molecule has 1 aliphatic rings. The van der Waals surface area contributed by atoms with Crippen LogP contribution in [0.3, 0.4) is 0 Å². The summed E-state index contributed by atoms with van der Waals surface area (Å²) < 4.78 is 0.